The zero-order valence-electron chi connectivity index (χ0n) is 17.8. The first-order valence-electron chi connectivity index (χ1n) is 10.3. The van der Waals surface area contributed by atoms with Gasteiger partial charge in [0.05, 0.1) is 26.2 Å². The average Bonchev–Trinajstić information content (AvgIpc) is 3.24. The van der Waals surface area contributed by atoms with Crippen LogP contribution in [0, 0.1) is 0 Å². The maximum atomic E-state index is 12.1. The normalized spacial score (nSPS) is 13.8. The first-order valence-corrected chi connectivity index (χ1v) is 10.3. The van der Waals surface area contributed by atoms with Crippen molar-refractivity contribution in [1.82, 2.24) is 15.3 Å². The molecule has 4 aromatic rings. The SMILES string of the molecule is COc1ccc(-c2oc3ncnc(N4CCNC(=O)C4)c3c2-c2ccc(OC)cc2)cc1. The minimum atomic E-state index is -0.0344. The summed E-state index contributed by atoms with van der Waals surface area (Å²) in [6, 6.07) is 15.5. The number of nitrogens with zero attached hydrogens (tertiary/aromatic N) is 3. The minimum Gasteiger partial charge on any atom is -0.497 e. The van der Waals surface area contributed by atoms with Gasteiger partial charge in [0.2, 0.25) is 11.6 Å². The number of aromatic nitrogens is 2. The maximum Gasteiger partial charge on any atom is 0.239 e. The van der Waals surface area contributed by atoms with Crippen LogP contribution in [0.1, 0.15) is 0 Å². The summed E-state index contributed by atoms with van der Waals surface area (Å²) in [7, 11) is 3.27. The summed E-state index contributed by atoms with van der Waals surface area (Å²) < 4.78 is 16.9. The number of carbonyl (C=O) groups is 1. The van der Waals surface area contributed by atoms with Gasteiger partial charge in [-0.3, -0.25) is 4.79 Å². The Hall–Kier alpha value is -4.07. The Morgan fingerprint density at radius 2 is 1.59 bits per heavy atom. The number of hydrogen-bond donors (Lipinski definition) is 1. The number of fused-ring (bicyclic) bond motifs is 1. The first-order chi connectivity index (χ1) is 15.7. The molecule has 1 aliphatic rings. The van der Waals surface area contributed by atoms with E-state index in [4.69, 9.17) is 13.9 Å². The molecule has 162 valence electrons. The van der Waals surface area contributed by atoms with Gasteiger partial charge in [0.1, 0.15) is 29.4 Å². The van der Waals surface area contributed by atoms with E-state index < -0.39 is 0 Å². The van der Waals surface area contributed by atoms with E-state index in [1.807, 2.05) is 53.4 Å². The van der Waals surface area contributed by atoms with Crippen LogP contribution in [-0.2, 0) is 4.79 Å². The highest BCUT2D eigenvalue weighted by atomic mass is 16.5. The van der Waals surface area contributed by atoms with Gasteiger partial charge in [-0.05, 0) is 42.0 Å². The van der Waals surface area contributed by atoms with Crippen molar-refractivity contribution in [2.24, 2.45) is 0 Å². The van der Waals surface area contributed by atoms with Crippen molar-refractivity contribution in [3.63, 3.8) is 0 Å². The van der Waals surface area contributed by atoms with Crippen molar-refractivity contribution in [3.8, 4) is 33.9 Å². The molecule has 2 aromatic heterocycles. The van der Waals surface area contributed by atoms with Gasteiger partial charge in [-0.1, -0.05) is 12.1 Å². The number of methoxy groups -OCH3 is 2. The number of furan rings is 1. The Morgan fingerprint density at radius 3 is 2.22 bits per heavy atom. The van der Waals surface area contributed by atoms with Gasteiger partial charge in [0.25, 0.3) is 0 Å². The zero-order valence-corrected chi connectivity index (χ0v) is 17.8. The molecule has 5 rings (SSSR count). The monoisotopic (exact) mass is 430 g/mol. The molecule has 8 heteroatoms. The van der Waals surface area contributed by atoms with E-state index in [0.29, 0.717) is 30.4 Å². The molecule has 1 amide bonds. The van der Waals surface area contributed by atoms with Gasteiger partial charge in [-0.15, -0.1) is 0 Å². The Balaban J connectivity index is 1.75. The lowest BCUT2D eigenvalue weighted by Gasteiger charge is -2.28. The molecule has 32 heavy (non-hydrogen) atoms. The van der Waals surface area contributed by atoms with Gasteiger partial charge < -0.3 is 24.1 Å². The van der Waals surface area contributed by atoms with E-state index in [0.717, 1.165) is 33.6 Å². The molecule has 3 heterocycles. The van der Waals surface area contributed by atoms with Crippen molar-refractivity contribution < 1.29 is 18.7 Å². The fourth-order valence-corrected chi connectivity index (χ4v) is 3.96. The van der Waals surface area contributed by atoms with Crippen LogP contribution in [0.2, 0.25) is 0 Å². The van der Waals surface area contributed by atoms with Gasteiger partial charge in [-0.2, -0.15) is 0 Å². The van der Waals surface area contributed by atoms with Crippen LogP contribution in [0.15, 0.2) is 59.3 Å². The first kappa shape index (κ1) is 19.9. The Labute approximate surface area is 184 Å². The zero-order chi connectivity index (χ0) is 22.1. The van der Waals surface area contributed by atoms with E-state index in [1.165, 1.54) is 6.33 Å². The third kappa shape index (κ3) is 3.49. The topological polar surface area (TPSA) is 89.7 Å². The van der Waals surface area contributed by atoms with Crippen molar-refractivity contribution in [3.05, 3.63) is 54.9 Å². The predicted octanol–water partition coefficient (Wildman–Crippen LogP) is 3.51. The lowest BCUT2D eigenvalue weighted by atomic mass is 9.99. The molecule has 2 aromatic carbocycles. The second-order valence-corrected chi connectivity index (χ2v) is 7.41. The molecule has 0 bridgehead atoms. The molecule has 0 saturated carbocycles. The second kappa shape index (κ2) is 8.22. The van der Waals surface area contributed by atoms with E-state index in [-0.39, 0.29) is 12.5 Å². The highest BCUT2D eigenvalue weighted by molar-refractivity contribution is 6.06. The predicted molar refractivity (Wildman–Crippen MR) is 121 cm³/mol. The van der Waals surface area contributed by atoms with Crippen LogP contribution in [0.5, 0.6) is 11.5 Å². The van der Waals surface area contributed by atoms with Crippen LogP contribution in [0.4, 0.5) is 5.82 Å². The molecule has 0 unspecified atom stereocenters. The van der Waals surface area contributed by atoms with Crippen LogP contribution >= 0.6 is 0 Å². The highest BCUT2D eigenvalue weighted by Crippen LogP contribution is 2.44. The second-order valence-electron chi connectivity index (χ2n) is 7.41. The van der Waals surface area contributed by atoms with Crippen LogP contribution in [-0.4, -0.2) is 49.7 Å². The Morgan fingerprint density at radius 1 is 0.938 bits per heavy atom. The molecular formula is C24H22N4O4. The van der Waals surface area contributed by atoms with E-state index in [2.05, 4.69) is 15.3 Å². The lowest BCUT2D eigenvalue weighted by Crippen LogP contribution is -2.48. The number of carbonyl (C=O) groups excluding carboxylic acids is 1. The largest absolute Gasteiger partial charge is 0.497 e. The fourth-order valence-electron chi connectivity index (χ4n) is 3.96. The molecule has 8 nitrogen and oxygen atoms in total. The van der Waals surface area contributed by atoms with Crippen LogP contribution < -0.4 is 19.7 Å². The van der Waals surface area contributed by atoms with Crippen molar-refractivity contribution >= 4 is 22.8 Å². The average molecular weight is 430 g/mol. The van der Waals surface area contributed by atoms with Crippen LogP contribution in [0.25, 0.3) is 33.6 Å². The molecule has 0 radical (unpaired) electrons. The number of benzene rings is 2. The number of hydrogen-bond acceptors (Lipinski definition) is 7. The molecule has 1 N–H and O–H groups in total. The minimum absolute atomic E-state index is 0.0344. The summed E-state index contributed by atoms with van der Waals surface area (Å²) in [4.78, 5) is 23.0. The van der Waals surface area contributed by atoms with Gasteiger partial charge in [0.15, 0.2) is 0 Å². The molecule has 1 saturated heterocycles. The van der Waals surface area contributed by atoms with Gasteiger partial charge in [0, 0.05) is 24.2 Å². The molecule has 0 aliphatic carbocycles. The maximum absolute atomic E-state index is 12.1. The summed E-state index contributed by atoms with van der Waals surface area (Å²) in [5, 5.41) is 3.63. The van der Waals surface area contributed by atoms with Crippen LogP contribution in [0.3, 0.4) is 0 Å². The summed E-state index contributed by atoms with van der Waals surface area (Å²) in [5.41, 5.74) is 3.16. The van der Waals surface area contributed by atoms with Crippen molar-refractivity contribution in [2.45, 2.75) is 0 Å². The number of nitrogens with one attached hydrogen (secondary N) is 1. The van der Waals surface area contributed by atoms with Gasteiger partial charge >= 0.3 is 0 Å². The molecule has 0 spiro atoms. The van der Waals surface area contributed by atoms with Crippen molar-refractivity contribution in [1.29, 1.82) is 0 Å². The molecule has 1 fully saturated rings. The standard InChI is InChI=1S/C24H22N4O4/c1-30-17-7-3-15(4-8-17)20-21-23(28-12-11-25-19(29)13-28)26-14-27-24(21)32-22(20)16-5-9-18(31-2)10-6-16/h3-10,14H,11-13H2,1-2H3,(H,25,29). The van der Waals surface area contributed by atoms with E-state index in [1.54, 1.807) is 14.2 Å². The highest BCUT2D eigenvalue weighted by Gasteiger charge is 2.26. The third-order valence-electron chi connectivity index (χ3n) is 5.54. The van der Waals surface area contributed by atoms with Gasteiger partial charge in [-0.25, -0.2) is 9.97 Å². The number of rotatable bonds is 5. The Bertz CT molecular complexity index is 1270. The fraction of sp³-hybridized carbons (Fsp3) is 0.208. The Kier molecular flexibility index (Phi) is 5.10. The lowest BCUT2D eigenvalue weighted by molar-refractivity contribution is -0.120. The number of anilines is 1. The number of amides is 1. The van der Waals surface area contributed by atoms with E-state index >= 15 is 0 Å². The molecule has 1 aliphatic heterocycles. The quantitative estimate of drug-likeness (QED) is 0.518. The smallest absolute Gasteiger partial charge is 0.239 e. The molecular weight excluding hydrogens is 408 g/mol. The summed E-state index contributed by atoms with van der Waals surface area (Å²) >= 11 is 0. The summed E-state index contributed by atoms with van der Waals surface area (Å²) in [5.74, 6) is 2.84. The van der Waals surface area contributed by atoms with Crippen molar-refractivity contribution in [2.75, 3.05) is 38.8 Å². The molecule has 0 atom stereocenters. The number of ether oxygens (including phenoxy) is 2. The summed E-state index contributed by atoms with van der Waals surface area (Å²) in [6.45, 7) is 1.45. The van der Waals surface area contributed by atoms with E-state index in [9.17, 15) is 4.79 Å². The third-order valence-corrected chi connectivity index (χ3v) is 5.54. The number of piperazine rings is 1. The summed E-state index contributed by atoms with van der Waals surface area (Å²) in [6.07, 6.45) is 1.48.